The van der Waals surface area contributed by atoms with Crippen molar-refractivity contribution in [1.82, 2.24) is 0 Å². The first-order chi connectivity index (χ1) is 12.3. The van der Waals surface area contributed by atoms with Crippen molar-refractivity contribution >= 4 is 6.09 Å². The molecular weight excluding hydrogens is 310 g/mol. The van der Waals surface area contributed by atoms with Crippen LogP contribution in [0.4, 0.5) is 4.79 Å². The normalized spacial score (nSPS) is 10.9. The maximum Gasteiger partial charge on any atom is 0.599 e. The molecule has 0 spiro atoms. The van der Waals surface area contributed by atoms with Gasteiger partial charge in [-0.2, -0.15) is 4.79 Å². The van der Waals surface area contributed by atoms with Gasteiger partial charge < -0.3 is 5.11 Å². The lowest BCUT2D eigenvalue weighted by Gasteiger charge is -2.03. The minimum atomic E-state index is -0.888. The second-order valence-electron chi connectivity index (χ2n) is 7.19. The van der Waals surface area contributed by atoms with E-state index in [2.05, 4.69) is 6.92 Å². The summed E-state index contributed by atoms with van der Waals surface area (Å²) in [5.41, 5.74) is 0.897. The van der Waals surface area contributed by atoms with E-state index in [0.717, 1.165) is 18.5 Å². The van der Waals surface area contributed by atoms with Crippen molar-refractivity contribution in [1.29, 1.82) is 0 Å². The summed E-state index contributed by atoms with van der Waals surface area (Å²) >= 11 is 0. The summed E-state index contributed by atoms with van der Waals surface area (Å²) in [5.74, 6) is 0. The third-order valence-corrected chi connectivity index (χ3v) is 4.94. The molecule has 0 atom stereocenters. The number of pyridine rings is 1. The Hall–Kier alpha value is -1.38. The van der Waals surface area contributed by atoms with Crippen molar-refractivity contribution in [2.75, 3.05) is 0 Å². The van der Waals surface area contributed by atoms with Crippen LogP contribution in [0.25, 0.3) is 0 Å². The molecule has 0 radical (unpaired) electrons. The van der Waals surface area contributed by atoms with Gasteiger partial charge in [-0.25, -0.2) is 0 Å². The number of rotatable bonds is 15. The van der Waals surface area contributed by atoms with E-state index in [1.807, 2.05) is 12.1 Å². The fraction of sp³-hybridized carbons (Fsp3) is 0.727. The predicted octanol–water partition coefficient (Wildman–Crippen LogP) is 6.52. The molecule has 3 nitrogen and oxygen atoms in total. The van der Waals surface area contributed by atoms with E-state index in [1.54, 1.807) is 12.3 Å². The highest BCUT2D eigenvalue weighted by Crippen LogP contribution is 2.13. The molecule has 0 saturated carbocycles. The standard InChI is InChI=1S/C22H37NO2/c1-2-3-4-5-6-7-8-9-10-11-12-13-14-15-18-21-19-16-17-20-23(21)22(24)25/h16-17,19-20H,2-15,18H2,1H3/p+1. The second-order valence-corrected chi connectivity index (χ2v) is 7.19. The first kappa shape index (κ1) is 21.7. The zero-order valence-electron chi connectivity index (χ0n) is 16.2. The van der Waals surface area contributed by atoms with Crippen LogP contribution in [0.3, 0.4) is 0 Å². The lowest BCUT2D eigenvalue weighted by molar-refractivity contribution is -0.592. The van der Waals surface area contributed by atoms with E-state index in [9.17, 15) is 4.79 Å². The van der Waals surface area contributed by atoms with Crippen LogP contribution in [-0.2, 0) is 6.42 Å². The quantitative estimate of drug-likeness (QED) is 0.289. The molecule has 1 heterocycles. The van der Waals surface area contributed by atoms with Crippen LogP contribution in [-0.4, -0.2) is 11.2 Å². The van der Waals surface area contributed by atoms with Crippen LogP contribution in [0.2, 0.25) is 0 Å². The fourth-order valence-corrected chi connectivity index (χ4v) is 3.37. The SMILES string of the molecule is CCCCCCCCCCCCCCCCc1cccc[n+]1C(=O)O. The van der Waals surface area contributed by atoms with Gasteiger partial charge in [-0.15, -0.1) is 0 Å². The Morgan fingerprint density at radius 1 is 0.800 bits per heavy atom. The Kier molecular flexibility index (Phi) is 12.9. The fourth-order valence-electron chi connectivity index (χ4n) is 3.37. The van der Waals surface area contributed by atoms with Gasteiger partial charge in [0, 0.05) is 18.6 Å². The van der Waals surface area contributed by atoms with Gasteiger partial charge in [0.2, 0.25) is 0 Å². The van der Waals surface area contributed by atoms with E-state index < -0.39 is 6.09 Å². The van der Waals surface area contributed by atoms with E-state index >= 15 is 0 Å². The van der Waals surface area contributed by atoms with Crippen LogP contribution in [0.15, 0.2) is 24.4 Å². The van der Waals surface area contributed by atoms with Crippen molar-refractivity contribution in [3.05, 3.63) is 30.1 Å². The lowest BCUT2D eigenvalue weighted by Crippen LogP contribution is -2.44. The van der Waals surface area contributed by atoms with Crippen LogP contribution >= 0.6 is 0 Å². The van der Waals surface area contributed by atoms with Gasteiger partial charge in [-0.1, -0.05) is 101 Å². The summed E-state index contributed by atoms with van der Waals surface area (Å²) in [6.45, 7) is 2.27. The molecule has 0 fully saturated rings. The maximum absolute atomic E-state index is 11.1. The van der Waals surface area contributed by atoms with Crippen LogP contribution in [0.5, 0.6) is 0 Å². The van der Waals surface area contributed by atoms with Gasteiger partial charge in [-0.3, -0.25) is 0 Å². The summed E-state index contributed by atoms with van der Waals surface area (Å²) in [7, 11) is 0. The number of hydrogen-bond acceptors (Lipinski definition) is 1. The van der Waals surface area contributed by atoms with Gasteiger partial charge >= 0.3 is 6.09 Å². The van der Waals surface area contributed by atoms with Crippen LogP contribution in [0.1, 0.15) is 103 Å². The largest absolute Gasteiger partial charge is 0.599 e. The molecule has 25 heavy (non-hydrogen) atoms. The molecule has 1 rings (SSSR count). The summed E-state index contributed by atoms with van der Waals surface area (Å²) in [6.07, 6.45) is 20.5. The van der Waals surface area contributed by atoms with E-state index in [4.69, 9.17) is 5.11 Å². The third kappa shape index (κ3) is 11.0. The average molecular weight is 349 g/mol. The van der Waals surface area contributed by atoms with Gasteiger partial charge in [0.25, 0.3) is 0 Å². The number of aromatic nitrogens is 1. The molecule has 1 aromatic rings. The van der Waals surface area contributed by atoms with E-state index in [-0.39, 0.29) is 0 Å². The maximum atomic E-state index is 11.1. The minimum Gasteiger partial charge on any atom is -0.427 e. The van der Waals surface area contributed by atoms with Crippen molar-refractivity contribution in [3.8, 4) is 0 Å². The molecule has 0 bridgehead atoms. The Morgan fingerprint density at radius 3 is 1.76 bits per heavy atom. The molecule has 1 aromatic heterocycles. The van der Waals surface area contributed by atoms with Gasteiger partial charge in [0.05, 0.1) is 0 Å². The second kappa shape index (κ2) is 14.9. The minimum absolute atomic E-state index is 0.852. The molecule has 0 saturated heterocycles. The lowest BCUT2D eigenvalue weighted by atomic mass is 10.0. The highest BCUT2D eigenvalue weighted by atomic mass is 16.4. The monoisotopic (exact) mass is 348 g/mol. The average Bonchev–Trinajstić information content (AvgIpc) is 2.62. The molecule has 0 aromatic carbocycles. The number of carboxylic acid groups (broad SMARTS) is 1. The summed E-state index contributed by atoms with van der Waals surface area (Å²) in [4.78, 5) is 11.1. The number of carbonyl (C=O) groups is 1. The first-order valence-corrected chi connectivity index (χ1v) is 10.5. The van der Waals surface area contributed by atoms with E-state index in [0.29, 0.717) is 0 Å². The van der Waals surface area contributed by atoms with Gasteiger partial charge in [0.15, 0.2) is 11.9 Å². The Bertz CT molecular complexity index is 459. The predicted molar refractivity (Wildman–Crippen MR) is 104 cm³/mol. The summed E-state index contributed by atoms with van der Waals surface area (Å²) < 4.78 is 1.34. The van der Waals surface area contributed by atoms with Crippen molar-refractivity contribution in [3.63, 3.8) is 0 Å². The Morgan fingerprint density at radius 2 is 1.28 bits per heavy atom. The Balaban J connectivity index is 1.90. The van der Waals surface area contributed by atoms with Crippen molar-refractivity contribution in [2.24, 2.45) is 0 Å². The highest BCUT2D eigenvalue weighted by molar-refractivity contribution is 5.53. The molecule has 1 N–H and O–H groups in total. The number of nitrogens with zero attached hydrogens (tertiary/aromatic N) is 1. The van der Waals surface area contributed by atoms with Crippen molar-refractivity contribution < 1.29 is 14.5 Å². The molecule has 0 aliphatic carbocycles. The zero-order valence-corrected chi connectivity index (χ0v) is 16.2. The zero-order chi connectivity index (χ0) is 18.2. The number of aryl methyl sites for hydroxylation is 1. The number of hydrogen-bond donors (Lipinski definition) is 1. The van der Waals surface area contributed by atoms with Crippen LogP contribution < -0.4 is 4.57 Å². The number of unbranched alkanes of at least 4 members (excludes halogenated alkanes) is 13. The van der Waals surface area contributed by atoms with Crippen LogP contribution in [0, 0.1) is 0 Å². The van der Waals surface area contributed by atoms with Gasteiger partial charge in [0.1, 0.15) is 0 Å². The topological polar surface area (TPSA) is 41.2 Å². The summed E-state index contributed by atoms with van der Waals surface area (Å²) in [5, 5.41) is 9.14. The molecule has 0 aliphatic heterocycles. The third-order valence-electron chi connectivity index (χ3n) is 4.94. The Labute approximate surface area is 154 Å². The molecule has 0 amide bonds. The summed E-state index contributed by atoms with van der Waals surface area (Å²) in [6, 6.07) is 5.60. The van der Waals surface area contributed by atoms with Crippen molar-refractivity contribution in [2.45, 2.75) is 103 Å². The molecule has 3 heteroatoms. The van der Waals surface area contributed by atoms with Gasteiger partial charge in [-0.05, 0) is 6.42 Å². The molecule has 0 aliphatic rings. The first-order valence-electron chi connectivity index (χ1n) is 10.5. The molecule has 0 unspecified atom stereocenters. The molecular formula is C22H38NO2+. The molecule has 142 valence electrons. The van der Waals surface area contributed by atoms with E-state index in [1.165, 1.54) is 88.0 Å². The smallest absolute Gasteiger partial charge is 0.427 e. The highest BCUT2D eigenvalue weighted by Gasteiger charge is 2.16.